The molecule has 1 N–H and O–H groups in total. The van der Waals surface area contributed by atoms with E-state index in [1.54, 1.807) is 0 Å². The molecule has 1 atom stereocenters. The molecule has 1 fully saturated rings. The molecule has 1 aromatic rings. The predicted molar refractivity (Wildman–Crippen MR) is 84.7 cm³/mol. The maximum Gasteiger partial charge on any atom is 0.232 e. The summed E-state index contributed by atoms with van der Waals surface area (Å²) in [6, 6.07) is 7.65. The number of hydrogen-bond acceptors (Lipinski definition) is 3. The van der Waals surface area contributed by atoms with Crippen molar-refractivity contribution < 1.29 is 13.7 Å². The van der Waals surface area contributed by atoms with Crippen molar-refractivity contribution >= 4 is 16.7 Å². The van der Waals surface area contributed by atoms with Crippen LogP contribution in [0.15, 0.2) is 24.3 Å². The van der Waals surface area contributed by atoms with E-state index in [1.165, 1.54) is 0 Å². The van der Waals surface area contributed by atoms with Gasteiger partial charge in [-0.05, 0) is 37.5 Å². The molecule has 1 amide bonds. The molecule has 0 bridgehead atoms. The second kappa shape index (κ2) is 8.17. The number of rotatable bonds is 7. The lowest BCUT2D eigenvalue weighted by molar-refractivity contribution is -0.118. The number of ether oxygens (including phenoxy) is 1. The first-order chi connectivity index (χ1) is 10.2. The summed E-state index contributed by atoms with van der Waals surface area (Å²) in [5, 5.41) is 3.05. The van der Waals surface area contributed by atoms with E-state index in [0.29, 0.717) is 13.2 Å². The van der Waals surface area contributed by atoms with Crippen LogP contribution in [0, 0.1) is 0 Å². The fraction of sp³-hybridized carbons (Fsp3) is 0.562. The van der Waals surface area contributed by atoms with Crippen molar-refractivity contribution in [2.24, 2.45) is 0 Å². The average Bonchev–Trinajstić information content (AvgIpc) is 3.00. The first-order valence-electron chi connectivity index (χ1n) is 7.54. The van der Waals surface area contributed by atoms with E-state index in [0.717, 1.165) is 37.0 Å². The van der Waals surface area contributed by atoms with Gasteiger partial charge in [0.1, 0.15) is 11.5 Å². The molecule has 0 aromatic heterocycles. The Labute approximate surface area is 128 Å². The molecule has 4 nitrogen and oxygen atoms in total. The summed E-state index contributed by atoms with van der Waals surface area (Å²) in [4.78, 5) is 11.9. The fourth-order valence-corrected chi connectivity index (χ4v) is 4.02. The Morgan fingerprint density at radius 3 is 2.86 bits per heavy atom. The molecular formula is C16H23NO3S. The minimum Gasteiger partial charge on any atom is -0.494 e. The number of amides is 1. The zero-order chi connectivity index (χ0) is 15.1. The first-order valence-corrected chi connectivity index (χ1v) is 8.93. The highest BCUT2D eigenvalue weighted by atomic mass is 32.2. The third-order valence-corrected chi connectivity index (χ3v) is 5.41. The third kappa shape index (κ3) is 5.16. The van der Waals surface area contributed by atoms with Crippen LogP contribution in [-0.4, -0.2) is 27.7 Å². The SMILES string of the molecule is CCOc1cccc(CNC(=O)CS(=O)C2CCCC2)c1. The molecule has 1 aliphatic carbocycles. The summed E-state index contributed by atoms with van der Waals surface area (Å²) >= 11 is 0. The Balaban J connectivity index is 1.78. The van der Waals surface area contributed by atoms with Gasteiger partial charge < -0.3 is 10.1 Å². The minimum absolute atomic E-state index is 0.121. The van der Waals surface area contributed by atoms with Crippen molar-refractivity contribution in [1.82, 2.24) is 5.32 Å². The van der Waals surface area contributed by atoms with Crippen LogP contribution in [0.25, 0.3) is 0 Å². The molecule has 1 unspecified atom stereocenters. The molecule has 21 heavy (non-hydrogen) atoms. The van der Waals surface area contributed by atoms with E-state index in [9.17, 15) is 9.00 Å². The van der Waals surface area contributed by atoms with Gasteiger partial charge in [-0.25, -0.2) is 0 Å². The molecule has 5 heteroatoms. The first kappa shape index (κ1) is 16.0. The smallest absolute Gasteiger partial charge is 0.232 e. The highest BCUT2D eigenvalue weighted by Gasteiger charge is 2.22. The molecule has 2 rings (SSSR count). The summed E-state index contributed by atoms with van der Waals surface area (Å²) < 4.78 is 17.5. The van der Waals surface area contributed by atoms with Crippen LogP contribution in [0.5, 0.6) is 5.75 Å². The molecule has 0 saturated heterocycles. The predicted octanol–water partition coefficient (Wildman–Crippen LogP) is 2.39. The van der Waals surface area contributed by atoms with Gasteiger partial charge in [-0.3, -0.25) is 9.00 Å². The quantitative estimate of drug-likeness (QED) is 0.841. The maximum atomic E-state index is 12.0. The lowest BCUT2D eigenvalue weighted by Gasteiger charge is -2.10. The Morgan fingerprint density at radius 1 is 1.38 bits per heavy atom. The lowest BCUT2D eigenvalue weighted by atomic mass is 10.2. The summed E-state index contributed by atoms with van der Waals surface area (Å²) in [7, 11) is -1.03. The summed E-state index contributed by atoms with van der Waals surface area (Å²) in [6.07, 6.45) is 4.27. The largest absolute Gasteiger partial charge is 0.494 e. The van der Waals surface area contributed by atoms with Gasteiger partial charge in [-0.2, -0.15) is 0 Å². The Bertz CT molecular complexity index is 498. The standard InChI is InChI=1S/C16H23NO3S/c1-2-20-14-7-5-6-13(10-14)11-17-16(18)12-21(19)15-8-3-4-9-15/h5-7,10,15H,2-4,8-9,11-12H2,1H3,(H,17,18). The monoisotopic (exact) mass is 309 g/mol. The Morgan fingerprint density at radius 2 is 2.14 bits per heavy atom. The van der Waals surface area contributed by atoms with E-state index < -0.39 is 10.8 Å². The second-order valence-electron chi connectivity index (χ2n) is 5.29. The van der Waals surface area contributed by atoms with E-state index in [-0.39, 0.29) is 16.9 Å². The molecule has 0 radical (unpaired) electrons. The van der Waals surface area contributed by atoms with E-state index >= 15 is 0 Å². The molecule has 0 spiro atoms. The van der Waals surface area contributed by atoms with Crippen LogP contribution >= 0.6 is 0 Å². The van der Waals surface area contributed by atoms with Crippen molar-refractivity contribution in [3.63, 3.8) is 0 Å². The zero-order valence-electron chi connectivity index (χ0n) is 12.5. The zero-order valence-corrected chi connectivity index (χ0v) is 13.3. The van der Waals surface area contributed by atoms with Gasteiger partial charge in [-0.15, -0.1) is 0 Å². The highest BCUT2D eigenvalue weighted by Crippen LogP contribution is 2.22. The Hall–Kier alpha value is -1.36. The molecule has 116 valence electrons. The lowest BCUT2D eigenvalue weighted by Crippen LogP contribution is -2.30. The normalized spacial score (nSPS) is 16.6. The topological polar surface area (TPSA) is 55.4 Å². The van der Waals surface area contributed by atoms with Gasteiger partial charge in [0, 0.05) is 22.6 Å². The minimum atomic E-state index is -1.03. The van der Waals surface area contributed by atoms with E-state index in [4.69, 9.17) is 4.74 Å². The van der Waals surface area contributed by atoms with Gasteiger partial charge in [0.25, 0.3) is 0 Å². The van der Waals surface area contributed by atoms with Crippen molar-refractivity contribution in [3.8, 4) is 5.75 Å². The molecular weight excluding hydrogens is 286 g/mol. The van der Waals surface area contributed by atoms with Crippen LogP contribution in [0.2, 0.25) is 0 Å². The van der Waals surface area contributed by atoms with Gasteiger partial charge in [-0.1, -0.05) is 25.0 Å². The van der Waals surface area contributed by atoms with Crippen molar-refractivity contribution in [3.05, 3.63) is 29.8 Å². The van der Waals surface area contributed by atoms with Gasteiger partial charge in [0.05, 0.1) is 6.61 Å². The van der Waals surface area contributed by atoms with Crippen LogP contribution in [0.4, 0.5) is 0 Å². The summed E-state index contributed by atoms with van der Waals surface area (Å²) in [6.45, 7) is 3.00. The van der Waals surface area contributed by atoms with Crippen LogP contribution < -0.4 is 10.1 Å². The van der Waals surface area contributed by atoms with Gasteiger partial charge >= 0.3 is 0 Å². The molecule has 1 saturated carbocycles. The number of hydrogen-bond donors (Lipinski definition) is 1. The number of carbonyl (C=O) groups is 1. The van der Waals surface area contributed by atoms with Gasteiger partial charge in [0.2, 0.25) is 5.91 Å². The van der Waals surface area contributed by atoms with E-state index in [1.807, 2.05) is 31.2 Å². The summed E-state index contributed by atoms with van der Waals surface area (Å²) in [5.41, 5.74) is 0.987. The highest BCUT2D eigenvalue weighted by molar-refractivity contribution is 7.86. The molecule has 0 heterocycles. The van der Waals surface area contributed by atoms with Crippen molar-refractivity contribution in [1.29, 1.82) is 0 Å². The Kier molecular flexibility index (Phi) is 6.23. The number of nitrogens with one attached hydrogen (secondary N) is 1. The maximum absolute atomic E-state index is 12.0. The average molecular weight is 309 g/mol. The van der Waals surface area contributed by atoms with E-state index in [2.05, 4.69) is 5.32 Å². The summed E-state index contributed by atoms with van der Waals surface area (Å²) in [5.74, 6) is 0.788. The second-order valence-corrected chi connectivity index (χ2v) is 7.01. The number of benzene rings is 1. The van der Waals surface area contributed by atoms with Crippen molar-refractivity contribution in [2.45, 2.75) is 44.4 Å². The third-order valence-electron chi connectivity index (χ3n) is 3.65. The van der Waals surface area contributed by atoms with Crippen LogP contribution in [-0.2, 0) is 22.1 Å². The van der Waals surface area contributed by atoms with Gasteiger partial charge in [0.15, 0.2) is 0 Å². The molecule has 1 aliphatic rings. The number of carbonyl (C=O) groups excluding carboxylic acids is 1. The van der Waals surface area contributed by atoms with Crippen molar-refractivity contribution in [2.75, 3.05) is 12.4 Å². The molecule has 0 aliphatic heterocycles. The van der Waals surface area contributed by atoms with Crippen LogP contribution in [0.3, 0.4) is 0 Å². The van der Waals surface area contributed by atoms with Crippen LogP contribution in [0.1, 0.15) is 38.2 Å². The fourth-order valence-electron chi connectivity index (χ4n) is 2.56. The molecule has 1 aromatic carbocycles.